The molecule has 0 radical (unpaired) electrons. The monoisotopic (exact) mass is 306 g/mol. The molecule has 4 heteroatoms. The van der Waals surface area contributed by atoms with Gasteiger partial charge in [-0.15, -0.1) is 0 Å². The summed E-state index contributed by atoms with van der Waals surface area (Å²) in [6.07, 6.45) is 4.40. The van der Waals surface area contributed by atoms with Gasteiger partial charge < -0.3 is 9.47 Å². The number of ether oxygens (including phenoxy) is 2. The van der Waals surface area contributed by atoms with E-state index in [1.807, 2.05) is 37.3 Å². The highest BCUT2D eigenvalue weighted by atomic mass is 17.3. The van der Waals surface area contributed by atoms with Gasteiger partial charge in [0, 0.05) is 32.1 Å². The van der Waals surface area contributed by atoms with Gasteiger partial charge in [-0.05, 0) is 25.3 Å². The second-order valence-electron chi connectivity index (χ2n) is 5.53. The molecule has 0 N–H and O–H groups in total. The normalized spacial score (nSPS) is 18.8. The first-order valence-corrected chi connectivity index (χ1v) is 7.96. The molecule has 22 heavy (non-hydrogen) atoms. The second kappa shape index (κ2) is 8.44. The first-order valence-electron chi connectivity index (χ1n) is 7.96. The van der Waals surface area contributed by atoms with E-state index in [0.29, 0.717) is 6.61 Å². The highest BCUT2D eigenvalue weighted by Gasteiger charge is 2.35. The van der Waals surface area contributed by atoms with Gasteiger partial charge in [-0.2, -0.15) is 9.78 Å². The molecule has 2 rings (SSSR count). The summed E-state index contributed by atoms with van der Waals surface area (Å²) < 4.78 is 11.2. The van der Waals surface area contributed by atoms with Crippen molar-refractivity contribution in [1.29, 1.82) is 0 Å². The molecule has 1 atom stereocenters. The van der Waals surface area contributed by atoms with Crippen LogP contribution in [0, 0.1) is 0 Å². The van der Waals surface area contributed by atoms with Crippen LogP contribution in [0.2, 0.25) is 0 Å². The Morgan fingerprint density at radius 2 is 1.86 bits per heavy atom. The van der Waals surface area contributed by atoms with Gasteiger partial charge in [-0.1, -0.05) is 43.3 Å². The maximum Gasteiger partial charge on any atom is 0.217 e. The van der Waals surface area contributed by atoms with Gasteiger partial charge in [-0.25, -0.2) is 0 Å². The Balaban J connectivity index is 2.00. The summed E-state index contributed by atoms with van der Waals surface area (Å²) in [4.78, 5) is 11.3. The third-order valence-corrected chi connectivity index (χ3v) is 4.02. The Morgan fingerprint density at radius 3 is 2.45 bits per heavy atom. The Bertz CT molecular complexity index is 451. The average Bonchev–Trinajstić information content (AvgIpc) is 2.59. The maximum absolute atomic E-state index is 5.67. The van der Waals surface area contributed by atoms with E-state index in [1.54, 1.807) is 7.11 Å². The number of hydrogen-bond acceptors (Lipinski definition) is 4. The molecular weight excluding hydrogens is 280 g/mol. The summed E-state index contributed by atoms with van der Waals surface area (Å²) in [7, 11) is 1.66. The standard InChI is InChI=1S/C18H26O4/c1-4-20-17(15(2)16-11-7-5-8-12-16)21-22-18(19-3)13-9-6-10-14-18/h5,7-8,11-12,17H,2,4,6,9-10,13-14H2,1,3H3. The molecule has 1 aliphatic carbocycles. The van der Waals surface area contributed by atoms with Crippen LogP contribution in [0.3, 0.4) is 0 Å². The highest BCUT2D eigenvalue weighted by molar-refractivity contribution is 5.65. The molecule has 0 amide bonds. The molecule has 1 saturated carbocycles. The first-order chi connectivity index (χ1) is 10.7. The van der Waals surface area contributed by atoms with Crippen LogP contribution in [0.4, 0.5) is 0 Å². The molecule has 0 bridgehead atoms. The van der Waals surface area contributed by atoms with Gasteiger partial charge >= 0.3 is 0 Å². The van der Waals surface area contributed by atoms with Crippen LogP contribution in [0.15, 0.2) is 36.9 Å². The summed E-state index contributed by atoms with van der Waals surface area (Å²) in [5, 5.41) is 0. The van der Waals surface area contributed by atoms with Crippen molar-refractivity contribution in [3.63, 3.8) is 0 Å². The summed E-state index contributed by atoms with van der Waals surface area (Å²) in [6, 6.07) is 9.84. The second-order valence-corrected chi connectivity index (χ2v) is 5.53. The number of benzene rings is 1. The fraction of sp³-hybridized carbons (Fsp3) is 0.556. The fourth-order valence-corrected chi connectivity index (χ4v) is 2.67. The molecule has 1 fully saturated rings. The van der Waals surface area contributed by atoms with E-state index in [-0.39, 0.29) is 0 Å². The summed E-state index contributed by atoms with van der Waals surface area (Å²) in [5.41, 5.74) is 1.71. The third-order valence-electron chi connectivity index (χ3n) is 4.02. The van der Waals surface area contributed by atoms with Crippen molar-refractivity contribution >= 4 is 5.57 Å². The van der Waals surface area contributed by atoms with Crippen LogP contribution >= 0.6 is 0 Å². The molecule has 1 aliphatic rings. The van der Waals surface area contributed by atoms with Crippen LogP contribution < -0.4 is 0 Å². The van der Waals surface area contributed by atoms with E-state index < -0.39 is 12.1 Å². The Labute approximate surface area is 132 Å². The predicted octanol–water partition coefficient (Wildman–Crippen LogP) is 4.32. The van der Waals surface area contributed by atoms with Crippen LogP contribution in [0.5, 0.6) is 0 Å². The summed E-state index contributed by atoms with van der Waals surface area (Å²) in [5.74, 6) is -0.662. The number of methoxy groups -OCH3 is 1. The highest BCUT2D eigenvalue weighted by Crippen LogP contribution is 2.33. The largest absolute Gasteiger partial charge is 0.351 e. The maximum atomic E-state index is 5.67. The Kier molecular flexibility index (Phi) is 6.58. The lowest BCUT2D eigenvalue weighted by Crippen LogP contribution is -2.39. The zero-order valence-electron chi connectivity index (χ0n) is 13.5. The molecule has 0 aliphatic heterocycles. The van der Waals surface area contributed by atoms with Gasteiger partial charge in [0.15, 0.2) is 0 Å². The van der Waals surface area contributed by atoms with Crippen molar-refractivity contribution in [2.24, 2.45) is 0 Å². The molecule has 1 aromatic rings. The predicted molar refractivity (Wildman–Crippen MR) is 85.9 cm³/mol. The van der Waals surface area contributed by atoms with Gasteiger partial charge in [0.05, 0.1) is 0 Å². The zero-order chi connectivity index (χ0) is 15.8. The van der Waals surface area contributed by atoms with Crippen LogP contribution in [0.25, 0.3) is 5.57 Å². The molecular formula is C18H26O4. The lowest BCUT2D eigenvalue weighted by Gasteiger charge is -2.35. The SMILES string of the molecule is C=C(c1ccccc1)C(OCC)OOC1(OC)CCCCC1. The van der Waals surface area contributed by atoms with Crippen molar-refractivity contribution in [2.75, 3.05) is 13.7 Å². The molecule has 1 aromatic carbocycles. The van der Waals surface area contributed by atoms with Crippen LogP contribution in [0.1, 0.15) is 44.6 Å². The summed E-state index contributed by atoms with van der Waals surface area (Å²) >= 11 is 0. The van der Waals surface area contributed by atoms with Gasteiger partial charge in [0.1, 0.15) is 0 Å². The Hall–Kier alpha value is -1.20. The molecule has 4 nitrogen and oxygen atoms in total. The van der Waals surface area contributed by atoms with Crippen molar-refractivity contribution in [3.8, 4) is 0 Å². The lowest BCUT2D eigenvalue weighted by molar-refractivity contribution is -0.464. The molecule has 0 aromatic heterocycles. The van der Waals surface area contributed by atoms with E-state index in [1.165, 1.54) is 6.42 Å². The number of rotatable bonds is 8. The first kappa shape index (κ1) is 17.2. The van der Waals surface area contributed by atoms with Crippen LogP contribution in [-0.2, 0) is 19.2 Å². The van der Waals surface area contributed by atoms with E-state index in [0.717, 1.165) is 36.8 Å². The molecule has 0 spiro atoms. The lowest BCUT2D eigenvalue weighted by atomic mass is 9.94. The smallest absolute Gasteiger partial charge is 0.217 e. The van der Waals surface area contributed by atoms with Crippen LogP contribution in [-0.4, -0.2) is 25.8 Å². The number of hydrogen-bond donors (Lipinski definition) is 0. The molecule has 122 valence electrons. The average molecular weight is 306 g/mol. The molecule has 0 heterocycles. The van der Waals surface area contributed by atoms with Gasteiger partial charge in [0.25, 0.3) is 0 Å². The minimum Gasteiger partial charge on any atom is -0.351 e. The van der Waals surface area contributed by atoms with Crippen molar-refractivity contribution in [2.45, 2.75) is 51.1 Å². The molecule has 1 unspecified atom stereocenters. The molecule has 0 saturated heterocycles. The van der Waals surface area contributed by atoms with Gasteiger partial charge in [0.2, 0.25) is 12.1 Å². The fourth-order valence-electron chi connectivity index (χ4n) is 2.67. The van der Waals surface area contributed by atoms with Crippen molar-refractivity contribution in [1.82, 2.24) is 0 Å². The minimum absolute atomic E-state index is 0.514. The van der Waals surface area contributed by atoms with E-state index >= 15 is 0 Å². The van der Waals surface area contributed by atoms with Crippen molar-refractivity contribution in [3.05, 3.63) is 42.5 Å². The Morgan fingerprint density at radius 1 is 1.18 bits per heavy atom. The van der Waals surface area contributed by atoms with E-state index in [9.17, 15) is 0 Å². The van der Waals surface area contributed by atoms with Gasteiger partial charge in [-0.3, -0.25) is 0 Å². The minimum atomic E-state index is -0.662. The topological polar surface area (TPSA) is 36.9 Å². The van der Waals surface area contributed by atoms with E-state index in [4.69, 9.17) is 19.2 Å². The summed E-state index contributed by atoms with van der Waals surface area (Å²) in [6.45, 7) is 6.52. The zero-order valence-corrected chi connectivity index (χ0v) is 13.5. The van der Waals surface area contributed by atoms with E-state index in [2.05, 4.69) is 6.58 Å². The van der Waals surface area contributed by atoms with Crippen molar-refractivity contribution < 1.29 is 19.2 Å². The quantitative estimate of drug-likeness (QED) is 0.407. The third kappa shape index (κ3) is 4.40.